The first-order valence-corrected chi connectivity index (χ1v) is 11.2. The van der Waals surface area contributed by atoms with Crippen molar-refractivity contribution in [1.82, 2.24) is 14.5 Å². The molecule has 162 valence electrons. The molecule has 0 amide bonds. The summed E-state index contributed by atoms with van der Waals surface area (Å²) in [5, 5.41) is 0. The molecule has 2 aromatic rings. The zero-order chi connectivity index (χ0) is 20.9. The third-order valence-corrected chi connectivity index (χ3v) is 7.63. The van der Waals surface area contributed by atoms with Crippen LogP contribution >= 0.6 is 0 Å². The number of nitrogens with zero attached hydrogens (tertiary/aromatic N) is 3. The average molecular weight is 414 g/mol. The summed E-state index contributed by atoms with van der Waals surface area (Å²) in [4.78, 5) is 6.87. The van der Waals surface area contributed by atoms with E-state index in [2.05, 4.69) is 41.4 Å². The summed E-state index contributed by atoms with van der Waals surface area (Å²) in [6.07, 6.45) is 7.22. The van der Waals surface area contributed by atoms with Gasteiger partial charge in [-0.1, -0.05) is 0 Å². The van der Waals surface area contributed by atoms with Gasteiger partial charge in [-0.3, -0.25) is 0 Å². The second kappa shape index (κ2) is 7.34. The van der Waals surface area contributed by atoms with Crippen molar-refractivity contribution in [3.05, 3.63) is 47.8 Å². The van der Waals surface area contributed by atoms with Crippen molar-refractivity contribution in [3.63, 3.8) is 0 Å². The van der Waals surface area contributed by atoms with Crippen molar-refractivity contribution in [3.8, 4) is 5.75 Å². The monoisotopic (exact) mass is 413 g/mol. The minimum absolute atomic E-state index is 0.0766. The van der Waals surface area contributed by atoms with Gasteiger partial charge in [0.2, 0.25) is 0 Å². The van der Waals surface area contributed by atoms with E-state index in [-0.39, 0.29) is 28.9 Å². The second-order valence-corrected chi connectivity index (χ2v) is 9.94. The lowest BCUT2D eigenvalue weighted by atomic mass is 9.64. The number of fused-ring (bicyclic) bond motifs is 3. The van der Waals surface area contributed by atoms with Gasteiger partial charge in [-0.05, 0) is 76.7 Å². The van der Waals surface area contributed by atoms with Gasteiger partial charge < -0.3 is 18.9 Å². The van der Waals surface area contributed by atoms with Gasteiger partial charge in [0, 0.05) is 37.0 Å². The number of aryl methyl sites for hydroxylation is 1. The Hall–Kier alpha value is -1.92. The van der Waals surface area contributed by atoms with Gasteiger partial charge in [-0.2, -0.15) is 0 Å². The SMILES string of the molecule is Cc1nccn1CCN1CCC2(CC1)CO[C@H]1c3cc(F)ccc3OC(C)(C)[C@@H]1C2. The van der Waals surface area contributed by atoms with Crippen molar-refractivity contribution >= 4 is 0 Å². The maximum Gasteiger partial charge on any atom is 0.126 e. The summed E-state index contributed by atoms with van der Waals surface area (Å²) in [6, 6.07) is 4.82. The predicted molar refractivity (Wildman–Crippen MR) is 113 cm³/mol. The first-order valence-electron chi connectivity index (χ1n) is 11.2. The summed E-state index contributed by atoms with van der Waals surface area (Å²) in [7, 11) is 0. The maximum atomic E-state index is 13.9. The normalized spacial score (nSPS) is 27.3. The van der Waals surface area contributed by atoms with Crippen LogP contribution in [0.15, 0.2) is 30.6 Å². The molecule has 5 nitrogen and oxygen atoms in total. The molecule has 0 aliphatic carbocycles. The largest absolute Gasteiger partial charge is 0.487 e. The van der Waals surface area contributed by atoms with Gasteiger partial charge in [-0.15, -0.1) is 0 Å². The van der Waals surface area contributed by atoms with Crippen LogP contribution in [0, 0.1) is 24.1 Å². The van der Waals surface area contributed by atoms with Crippen molar-refractivity contribution in [1.29, 1.82) is 0 Å². The minimum atomic E-state index is -0.320. The van der Waals surface area contributed by atoms with Gasteiger partial charge in [0.15, 0.2) is 0 Å². The molecule has 2 fully saturated rings. The zero-order valence-electron chi connectivity index (χ0n) is 18.2. The number of imidazole rings is 1. The van der Waals surface area contributed by atoms with E-state index in [9.17, 15) is 4.39 Å². The van der Waals surface area contributed by atoms with Crippen LogP contribution in [-0.4, -0.2) is 46.3 Å². The van der Waals surface area contributed by atoms with E-state index >= 15 is 0 Å². The molecule has 6 heteroatoms. The minimum Gasteiger partial charge on any atom is -0.487 e. The summed E-state index contributed by atoms with van der Waals surface area (Å²) in [5.41, 5.74) is 0.759. The predicted octanol–water partition coefficient (Wildman–Crippen LogP) is 4.36. The van der Waals surface area contributed by atoms with Crippen molar-refractivity contribution < 1.29 is 13.9 Å². The molecule has 0 N–H and O–H groups in total. The molecule has 0 radical (unpaired) electrons. The smallest absolute Gasteiger partial charge is 0.126 e. The average Bonchev–Trinajstić information content (AvgIpc) is 3.13. The molecule has 0 unspecified atom stereocenters. The summed E-state index contributed by atoms with van der Waals surface area (Å²) >= 11 is 0. The van der Waals surface area contributed by atoms with Crippen LogP contribution in [0.1, 0.15) is 50.6 Å². The van der Waals surface area contributed by atoms with Crippen molar-refractivity contribution in [2.75, 3.05) is 26.2 Å². The number of piperidine rings is 1. The Morgan fingerprint density at radius 1 is 1.20 bits per heavy atom. The quantitative estimate of drug-likeness (QED) is 0.750. The molecular formula is C24H32FN3O2. The fraction of sp³-hybridized carbons (Fsp3) is 0.625. The van der Waals surface area contributed by atoms with Crippen molar-refractivity contribution in [2.24, 2.45) is 11.3 Å². The number of benzene rings is 1. The van der Waals surface area contributed by atoms with E-state index in [0.29, 0.717) is 0 Å². The van der Waals surface area contributed by atoms with E-state index in [1.165, 1.54) is 6.07 Å². The number of ether oxygens (including phenoxy) is 2. The lowest BCUT2D eigenvalue weighted by Gasteiger charge is -2.54. The molecule has 30 heavy (non-hydrogen) atoms. The molecule has 1 aromatic heterocycles. The molecule has 5 rings (SSSR count). The van der Waals surface area contributed by atoms with E-state index < -0.39 is 0 Å². The molecule has 1 aromatic carbocycles. The fourth-order valence-electron chi connectivity index (χ4n) is 5.61. The summed E-state index contributed by atoms with van der Waals surface area (Å²) in [5.74, 6) is 1.86. The third-order valence-electron chi connectivity index (χ3n) is 7.63. The molecule has 0 bridgehead atoms. The van der Waals surface area contributed by atoms with E-state index in [4.69, 9.17) is 9.47 Å². The maximum absolute atomic E-state index is 13.9. The third kappa shape index (κ3) is 3.54. The second-order valence-electron chi connectivity index (χ2n) is 9.94. The molecule has 4 heterocycles. The Morgan fingerprint density at radius 2 is 2.00 bits per heavy atom. The summed E-state index contributed by atoms with van der Waals surface area (Å²) in [6.45, 7) is 11.4. The highest BCUT2D eigenvalue weighted by Crippen LogP contribution is 2.55. The van der Waals surface area contributed by atoms with Gasteiger partial charge in [-0.25, -0.2) is 9.37 Å². The van der Waals surface area contributed by atoms with Crippen LogP contribution in [0.25, 0.3) is 0 Å². The van der Waals surface area contributed by atoms with Gasteiger partial charge in [0.1, 0.15) is 23.0 Å². The number of hydrogen-bond donors (Lipinski definition) is 0. The lowest BCUT2D eigenvalue weighted by molar-refractivity contribution is -0.174. The number of likely N-dealkylation sites (tertiary alicyclic amines) is 1. The molecule has 1 spiro atoms. The fourth-order valence-corrected chi connectivity index (χ4v) is 5.61. The number of hydrogen-bond acceptors (Lipinski definition) is 4. The highest BCUT2D eigenvalue weighted by atomic mass is 19.1. The van der Waals surface area contributed by atoms with E-state index in [1.807, 2.05) is 6.20 Å². The van der Waals surface area contributed by atoms with Crippen LogP contribution < -0.4 is 4.74 Å². The lowest BCUT2D eigenvalue weighted by Crippen LogP contribution is -2.54. The molecular weight excluding hydrogens is 381 g/mol. The number of rotatable bonds is 3. The van der Waals surface area contributed by atoms with E-state index in [1.54, 1.807) is 12.1 Å². The first-order chi connectivity index (χ1) is 14.4. The Bertz CT molecular complexity index is 917. The van der Waals surface area contributed by atoms with Gasteiger partial charge >= 0.3 is 0 Å². The zero-order valence-corrected chi connectivity index (χ0v) is 18.2. The van der Waals surface area contributed by atoms with Crippen LogP contribution in [0.4, 0.5) is 4.39 Å². The van der Waals surface area contributed by atoms with Gasteiger partial charge in [0.25, 0.3) is 0 Å². The highest BCUT2D eigenvalue weighted by molar-refractivity contribution is 5.39. The Morgan fingerprint density at radius 3 is 2.73 bits per heavy atom. The first kappa shape index (κ1) is 20.0. The number of halogens is 1. The van der Waals surface area contributed by atoms with E-state index in [0.717, 1.165) is 69.2 Å². The molecule has 2 saturated heterocycles. The Labute approximate surface area is 178 Å². The summed E-state index contributed by atoms with van der Waals surface area (Å²) < 4.78 is 28.9. The Kier molecular flexibility index (Phi) is 4.90. The molecule has 3 aliphatic heterocycles. The Balaban J connectivity index is 1.26. The van der Waals surface area contributed by atoms with Crippen LogP contribution in [-0.2, 0) is 11.3 Å². The number of aromatic nitrogens is 2. The van der Waals surface area contributed by atoms with Crippen molar-refractivity contribution in [2.45, 2.75) is 58.3 Å². The highest BCUT2D eigenvalue weighted by Gasteiger charge is 2.52. The standard InChI is InChI=1S/C24H32FN3O2/c1-17-26-8-11-28(17)13-12-27-9-6-24(7-10-27)15-20-22(29-16-24)19-14-18(25)4-5-21(19)30-23(20,2)3/h4-5,8,11,14,20,22H,6-7,9-10,12-13,15-16H2,1-3H3/t20-,22+/m1/s1. The van der Waals surface area contributed by atoms with Crippen LogP contribution in [0.3, 0.4) is 0 Å². The van der Waals surface area contributed by atoms with Crippen LogP contribution in [0.2, 0.25) is 0 Å². The topological polar surface area (TPSA) is 39.5 Å². The van der Waals surface area contributed by atoms with Gasteiger partial charge in [0.05, 0.1) is 12.7 Å². The molecule has 3 aliphatic rings. The molecule has 2 atom stereocenters. The van der Waals surface area contributed by atoms with Crippen LogP contribution in [0.5, 0.6) is 5.75 Å². The molecule has 0 saturated carbocycles.